The van der Waals surface area contributed by atoms with Gasteiger partial charge in [-0.2, -0.15) is 0 Å². The molecule has 3 aliphatic heterocycles. The average Bonchev–Trinajstić information content (AvgIpc) is 3.49. The largest absolute Gasteiger partial charge is 0.352 e. The Morgan fingerprint density at radius 2 is 1.62 bits per heavy atom. The standard InChI is InChI=1S/C33H22FN3O5/c34-22-15-12-20(13-16-22)30(38)28-29(31(39)21-7-5-8-23(18-21)37(41)42)36-26-11-4-1-6-19(26)14-17-27(36)33(28)24-9-2-3-10-25(24)35-32(33)40/h1-18,27-29H,(H,35,40)/t27-,28-,29+,33-/m1/s1. The zero-order chi connectivity index (χ0) is 29.2. The van der Waals surface area contributed by atoms with E-state index in [1.165, 1.54) is 36.4 Å². The number of carbonyl (C=O) groups excluding carboxylic acids is 3. The van der Waals surface area contributed by atoms with Gasteiger partial charge >= 0.3 is 0 Å². The number of hydrogen-bond acceptors (Lipinski definition) is 6. The maximum absolute atomic E-state index is 14.6. The number of halogens is 1. The number of nitro benzene ring substituents is 1. The summed E-state index contributed by atoms with van der Waals surface area (Å²) in [7, 11) is 0. The molecular formula is C33H22FN3O5. The molecule has 1 fully saturated rings. The Morgan fingerprint density at radius 3 is 2.40 bits per heavy atom. The summed E-state index contributed by atoms with van der Waals surface area (Å²) in [6, 6.07) is 22.9. The fourth-order valence-corrected chi connectivity index (χ4v) is 6.86. The molecule has 0 unspecified atom stereocenters. The van der Waals surface area contributed by atoms with E-state index >= 15 is 0 Å². The van der Waals surface area contributed by atoms with Gasteiger partial charge in [-0.15, -0.1) is 0 Å². The zero-order valence-electron chi connectivity index (χ0n) is 21.9. The molecule has 0 aliphatic carbocycles. The number of hydrogen-bond donors (Lipinski definition) is 1. The van der Waals surface area contributed by atoms with Crippen LogP contribution in [0, 0.1) is 21.8 Å². The predicted octanol–water partition coefficient (Wildman–Crippen LogP) is 5.59. The van der Waals surface area contributed by atoms with Crippen LogP contribution < -0.4 is 10.2 Å². The molecule has 1 spiro atoms. The second kappa shape index (κ2) is 9.31. The van der Waals surface area contributed by atoms with Crippen molar-refractivity contribution >= 4 is 40.6 Å². The molecule has 7 rings (SSSR count). The van der Waals surface area contributed by atoms with Crippen LogP contribution in [0.25, 0.3) is 6.08 Å². The Balaban J connectivity index is 1.53. The SMILES string of the molecule is O=C(c1cccc([N+](=O)[O-])c1)[C@@H]1[C@H](C(=O)c2ccc(F)cc2)[C@]2(C(=O)Nc3ccccc32)[C@H]2C=Cc3ccccc3N12. The van der Waals surface area contributed by atoms with E-state index < -0.39 is 51.6 Å². The van der Waals surface area contributed by atoms with Gasteiger partial charge in [0.15, 0.2) is 11.6 Å². The fraction of sp³-hybridized carbons (Fsp3) is 0.121. The average molecular weight is 560 g/mol. The third kappa shape index (κ3) is 3.49. The number of Topliss-reactive ketones (excluding diaryl/α,β-unsaturated/α-hetero) is 2. The summed E-state index contributed by atoms with van der Waals surface area (Å²) in [6.45, 7) is 0. The molecule has 9 heteroatoms. The normalized spacial score (nSPS) is 23.2. The van der Waals surface area contributed by atoms with Gasteiger partial charge in [0.25, 0.3) is 5.69 Å². The summed E-state index contributed by atoms with van der Waals surface area (Å²) < 4.78 is 13.9. The molecule has 4 atom stereocenters. The van der Waals surface area contributed by atoms with Gasteiger partial charge in [0, 0.05) is 34.6 Å². The molecule has 0 aromatic heterocycles. The highest BCUT2D eigenvalue weighted by molar-refractivity contribution is 6.18. The number of nitro groups is 1. The topological polar surface area (TPSA) is 110 Å². The summed E-state index contributed by atoms with van der Waals surface area (Å²) in [5.74, 6) is -3.28. The Labute approximate surface area is 239 Å². The van der Waals surface area contributed by atoms with Crippen molar-refractivity contribution in [1.29, 1.82) is 0 Å². The Morgan fingerprint density at radius 1 is 0.881 bits per heavy atom. The van der Waals surface area contributed by atoms with Gasteiger partial charge in [-0.25, -0.2) is 4.39 Å². The first-order valence-electron chi connectivity index (χ1n) is 13.4. The lowest BCUT2D eigenvalue weighted by Gasteiger charge is -2.37. The Hall–Kier alpha value is -5.44. The van der Waals surface area contributed by atoms with Crippen molar-refractivity contribution in [3.05, 3.63) is 141 Å². The van der Waals surface area contributed by atoms with Gasteiger partial charge in [-0.3, -0.25) is 24.5 Å². The lowest BCUT2D eigenvalue weighted by Crippen LogP contribution is -2.51. The molecule has 0 saturated carbocycles. The molecule has 0 radical (unpaired) electrons. The number of ketones is 2. The van der Waals surface area contributed by atoms with Gasteiger partial charge in [-0.05, 0) is 47.5 Å². The predicted molar refractivity (Wildman–Crippen MR) is 154 cm³/mol. The smallest absolute Gasteiger partial charge is 0.270 e. The van der Waals surface area contributed by atoms with E-state index in [4.69, 9.17) is 0 Å². The van der Waals surface area contributed by atoms with E-state index in [1.807, 2.05) is 41.3 Å². The number of nitrogens with zero attached hydrogens (tertiary/aromatic N) is 2. The molecule has 4 aromatic carbocycles. The van der Waals surface area contributed by atoms with E-state index in [0.29, 0.717) is 16.9 Å². The molecule has 206 valence electrons. The van der Waals surface area contributed by atoms with Crippen LogP contribution in [-0.4, -0.2) is 34.5 Å². The third-order valence-electron chi connectivity index (χ3n) is 8.56. The van der Waals surface area contributed by atoms with Crippen molar-refractivity contribution in [2.75, 3.05) is 10.2 Å². The zero-order valence-corrected chi connectivity index (χ0v) is 21.9. The summed E-state index contributed by atoms with van der Waals surface area (Å²) in [4.78, 5) is 56.4. The van der Waals surface area contributed by atoms with Crippen molar-refractivity contribution in [3.63, 3.8) is 0 Å². The van der Waals surface area contributed by atoms with E-state index in [2.05, 4.69) is 5.32 Å². The van der Waals surface area contributed by atoms with Crippen LogP contribution in [0.2, 0.25) is 0 Å². The second-order valence-corrected chi connectivity index (χ2v) is 10.6. The molecular weight excluding hydrogens is 537 g/mol. The van der Waals surface area contributed by atoms with Crippen molar-refractivity contribution < 1.29 is 23.7 Å². The molecule has 8 nitrogen and oxygen atoms in total. The lowest BCUT2D eigenvalue weighted by molar-refractivity contribution is -0.384. The number of benzene rings is 4. The maximum Gasteiger partial charge on any atom is 0.270 e. The highest BCUT2D eigenvalue weighted by Gasteiger charge is 2.70. The van der Waals surface area contributed by atoms with Crippen molar-refractivity contribution in [1.82, 2.24) is 0 Å². The summed E-state index contributed by atoms with van der Waals surface area (Å²) in [5, 5.41) is 14.5. The number of anilines is 2. The number of rotatable bonds is 5. The molecule has 3 aliphatic rings. The van der Waals surface area contributed by atoms with E-state index in [1.54, 1.807) is 24.3 Å². The minimum absolute atomic E-state index is 0.0423. The van der Waals surface area contributed by atoms with E-state index in [-0.39, 0.29) is 16.8 Å². The number of carbonyl (C=O) groups is 3. The highest BCUT2D eigenvalue weighted by atomic mass is 19.1. The minimum atomic E-state index is -1.53. The summed E-state index contributed by atoms with van der Waals surface area (Å²) >= 11 is 0. The first-order valence-corrected chi connectivity index (χ1v) is 13.4. The molecule has 1 saturated heterocycles. The Kier molecular flexibility index (Phi) is 5.65. The molecule has 1 amide bonds. The van der Waals surface area contributed by atoms with Crippen LogP contribution in [0.1, 0.15) is 31.8 Å². The van der Waals surface area contributed by atoms with Crippen molar-refractivity contribution in [3.8, 4) is 0 Å². The molecule has 42 heavy (non-hydrogen) atoms. The quantitative estimate of drug-likeness (QED) is 0.194. The van der Waals surface area contributed by atoms with Crippen LogP contribution in [0.4, 0.5) is 21.5 Å². The molecule has 1 N–H and O–H groups in total. The van der Waals surface area contributed by atoms with Gasteiger partial charge in [0.2, 0.25) is 5.91 Å². The Bertz CT molecular complexity index is 1850. The van der Waals surface area contributed by atoms with Gasteiger partial charge in [-0.1, -0.05) is 60.7 Å². The minimum Gasteiger partial charge on any atom is -0.352 e. The van der Waals surface area contributed by atoms with E-state index in [9.17, 15) is 28.9 Å². The fourth-order valence-electron chi connectivity index (χ4n) is 6.86. The van der Waals surface area contributed by atoms with Gasteiger partial charge in [0.05, 0.1) is 16.9 Å². The molecule has 4 aromatic rings. The number of non-ortho nitro benzene ring substituents is 1. The van der Waals surface area contributed by atoms with Crippen LogP contribution in [0.3, 0.4) is 0 Å². The monoisotopic (exact) mass is 559 g/mol. The first-order chi connectivity index (χ1) is 20.3. The third-order valence-corrected chi connectivity index (χ3v) is 8.56. The first kappa shape index (κ1) is 25.5. The second-order valence-electron chi connectivity index (χ2n) is 10.6. The number of para-hydroxylation sites is 2. The van der Waals surface area contributed by atoms with Crippen molar-refractivity contribution in [2.45, 2.75) is 17.5 Å². The number of amides is 1. The van der Waals surface area contributed by atoms with Gasteiger partial charge in [0.1, 0.15) is 17.3 Å². The maximum atomic E-state index is 14.6. The van der Waals surface area contributed by atoms with Crippen LogP contribution in [0.5, 0.6) is 0 Å². The highest BCUT2D eigenvalue weighted by Crippen LogP contribution is 2.58. The van der Waals surface area contributed by atoms with Crippen LogP contribution >= 0.6 is 0 Å². The van der Waals surface area contributed by atoms with Crippen LogP contribution in [-0.2, 0) is 10.2 Å². The summed E-state index contributed by atoms with van der Waals surface area (Å²) in [5.41, 5.74) is 0.940. The van der Waals surface area contributed by atoms with E-state index in [0.717, 1.165) is 17.7 Å². The summed E-state index contributed by atoms with van der Waals surface area (Å²) in [6.07, 6.45) is 3.72. The lowest BCUT2D eigenvalue weighted by atomic mass is 9.64. The van der Waals surface area contributed by atoms with Gasteiger partial charge < -0.3 is 10.2 Å². The number of fused-ring (bicyclic) bond motifs is 6. The van der Waals surface area contributed by atoms with Crippen LogP contribution in [0.15, 0.2) is 103 Å². The molecule has 3 heterocycles. The van der Waals surface area contributed by atoms with Crippen molar-refractivity contribution in [2.24, 2.45) is 5.92 Å². The molecule has 0 bridgehead atoms. The number of nitrogens with one attached hydrogen (secondary N) is 1.